The number of hydrogen-bond acceptors (Lipinski definition) is 4. The van der Waals surface area contributed by atoms with Crippen LogP contribution in [0.25, 0.3) is 10.8 Å². The Morgan fingerprint density at radius 3 is 1.97 bits per heavy atom. The van der Waals surface area contributed by atoms with E-state index in [-0.39, 0.29) is 0 Å². The fourth-order valence-corrected chi connectivity index (χ4v) is 3.81. The minimum absolute atomic E-state index is 0.335. The number of unbranched alkanes of at least 4 members (excludes halogenated alkanes) is 2. The summed E-state index contributed by atoms with van der Waals surface area (Å²) in [4.78, 5) is 24.9. The fourth-order valence-electron chi connectivity index (χ4n) is 3.81. The van der Waals surface area contributed by atoms with Crippen molar-refractivity contribution in [2.75, 3.05) is 0 Å². The largest absolute Gasteiger partial charge is 0.422 e. The highest BCUT2D eigenvalue weighted by Crippen LogP contribution is 2.45. The van der Waals surface area contributed by atoms with Gasteiger partial charge in [-0.25, -0.2) is 9.59 Å². The molecule has 0 bridgehead atoms. The summed E-state index contributed by atoms with van der Waals surface area (Å²) in [5.41, 5.74) is 3.79. The average molecular weight is 419 g/mol. The Kier molecular flexibility index (Phi) is 7.11. The molecule has 0 atom stereocenters. The normalized spacial score (nSPS) is 12.7. The van der Waals surface area contributed by atoms with Gasteiger partial charge in [0.1, 0.15) is 11.5 Å². The molecular weight excluding hydrogens is 388 g/mol. The van der Waals surface area contributed by atoms with E-state index < -0.39 is 11.9 Å². The first kappa shape index (κ1) is 22.5. The molecular formula is C27H30O4. The highest BCUT2D eigenvalue weighted by Gasteiger charge is 2.27. The molecule has 0 N–H and O–H groups in total. The van der Waals surface area contributed by atoms with E-state index in [1.54, 1.807) is 13.8 Å². The quantitative estimate of drug-likeness (QED) is 0.163. The topological polar surface area (TPSA) is 52.6 Å². The molecule has 1 aliphatic rings. The van der Waals surface area contributed by atoms with Crippen LogP contribution in [0.2, 0.25) is 0 Å². The second kappa shape index (κ2) is 9.78. The molecule has 0 amide bonds. The summed E-state index contributed by atoms with van der Waals surface area (Å²) in [6.07, 6.45) is 7.99. The molecule has 0 radical (unpaired) electrons. The SMILES string of the molecule is C=C(C)C(=O)Oc1c2c(c(OC(=O)C(=C)C)c3ccccc13)CC(CCCCC)=CC2. The van der Waals surface area contributed by atoms with Gasteiger partial charge in [-0.15, -0.1) is 0 Å². The lowest BCUT2D eigenvalue weighted by molar-refractivity contribution is -0.131. The summed E-state index contributed by atoms with van der Waals surface area (Å²) in [6, 6.07) is 7.54. The van der Waals surface area contributed by atoms with Crippen molar-refractivity contribution >= 4 is 22.7 Å². The molecule has 0 heterocycles. The van der Waals surface area contributed by atoms with Gasteiger partial charge < -0.3 is 9.47 Å². The van der Waals surface area contributed by atoms with Gasteiger partial charge >= 0.3 is 11.9 Å². The molecule has 4 heteroatoms. The number of carbonyl (C=O) groups excluding carboxylic acids is 2. The molecule has 0 saturated heterocycles. The highest BCUT2D eigenvalue weighted by molar-refractivity contribution is 6.01. The summed E-state index contributed by atoms with van der Waals surface area (Å²) >= 11 is 0. The van der Waals surface area contributed by atoms with Gasteiger partial charge in [0, 0.05) is 33.0 Å². The number of carbonyl (C=O) groups is 2. The molecule has 0 fully saturated rings. The Hall–Kier alpha value is -3.14. The van der Waals surface area contributed by atoms with Crippen molar-refractivity contribution in [3.05, 3.63) is 71.3 Å². The predicted molar refractivity (Wildman–Crippen MR) is 124 cm³/mol. The third kappa shape index (κ3) is 4.96. The van der Waals surface area contributed by atoms with Crippen molar-refractivity contribution in [2.45, 2.75) is 59.3 Å². The number of ether oxygens (including phenoxy) is 2. The molecule has 2 aromatic carbocycles. The second-order valence-electron chi connectivity index (χ2n) is 8.20. The van der Waals surface area contributed by atoms with Gasteiger partial charge in [-0.3, -0.25) is 0 Å². The summed E-state index contributed by atoms with van der Waals surface area (Å²) < 4.78 is 11.6. The zero-order valence-electron chi connectivity index (χ0n) is 18.7. The first-order valence-electron chi connectivity index (χ1n) is 10.8. The fraction of sp³-hybridized carbons (Fsp3) is 0.333. The van der Waals surface area contributed by atoms with Crippen molar-refractivity contribution in [2.24, 2.45) is 0 Å². The molecule has 31 heavy (non-hydrogen) atoms. The molecule has 0 unspecified atom stereocenters. The number of rotatable bonds is 8. The van der Waals surface area contributed by atoms with Crippen LogP contribution in [0.1, 0.15) is 57.6 Å². The lowest BCUT2D eigenvalue weighted by Gasteiger charge is -2.25. The van der Waals surface area contributed by atoms with Crippen molar-refractivity contribution in [3.8, 4) is 11.5 Å². The standard InChI is InChI=1S/C27H30O4/c1-6-7-8-11-19-14-15-22-23(16-19)25(31-27(29)18(4)5)21-13-10-9-12-20(21)24(22)30-26(28)17(2)3/h9-10,12-14H,2,4,6-8,11,15-16H2,1,3,5H3. The van der Waals surface area contributed by atoms with Gasteiger partial charge in [0.25, 0.3) is 0 Å². The average Bonchev–Trinajstić information content (AvgIpc) is 2.75. The number of benzene rings is 2. The number of fused-ring (bicyclic) bond motifs is 2. The first-order valence-corrected chi connectivity index (χ1v) is 10.8. The summed E-state index contributed by atoms with van der Waals surface area (Å²) in [5.74, 6) is 0.144. The van der Waals surface area contributed by atoms with E-state index in [0.29, 0.717) is 35.5 Å². The van der Waals surface area contributed by atoms with Gasteiger partial charge in [-0.05, 0) is 39.5 Å². The smallest absolute Gasteiger partial charge is 0.338 e. The predicted octanol–water partition coefficient (Wildman–Crippen LogP) is 6.41. The zero-order chi connectivity index (χ0) is 22.5. The van der Waals surface area contributed by atoms with E-state index >= 15 is 0 Å². The van der Waals surface area contributed by atoms with E-state index in [0.717, 1.165) is 41.2 Å². The molecule has 0 aromatic heterocycles. The van der Waals surface area contributed by atoms with Crippen LogP contribution in [0, 0.1) is 0 Å². The van der Waals surface area contributed by atoms with E-state index in [4.69, 9.17) is 9.47 Å². The van der Waals surface area contributed by atoms with Crippen molar-refractivity contribution in [3.63, 3.8) is 0 Å². The van der Waals surface area contributed by atoms with Crippen LogP contribution in [-0.2, 0) is 22.4 Å². The van der Waals surface area contributed by atoms with Crippen molar-refractivity contribution in [1.82, 2.24) is 0 Å². The van der Waals surface area contributed by atoms with Crippen LogP contribution in [0.4, 0.5) is 0 Å². The highest BCUT2D eigenvalue weighted by atomic mass is 16.5. The molecule has 0 aliphatic heterocycles. The minimum atomic E-state index is -0.461. The van der Waals surface area contributed by atoms with Crippen molar-refractivity contribution in [1.29, 1.82) is 0 Å². The molecule has 162 valence electrons. The van der Waals surface area contributed by atoms with Gasteiger partial charge in [0.05, 0.1) is 0 Å². The zero-order valence-corrected chi connectivity index (χ0v) is 18.7. The second-order valence-corrected chi connectivity index (χ2v) is 8.20. The number of hydrogen-bond donors (Lipinski definition) is 0. The van der Waals surface area contributed by atoms with Gasteiger partial charge in [0.2, 0.25) is 0 Å². The van der Waals surface area contributed by atoms with Gasteiger partial charge in [-0.1, -0.05) is 68.8 Å². The third-order valence-corrected chi connectivity index (χ3v) is 5.52. The maximum atomic E-state index is 12.5. The molecule has 1 aliphatic carbocycles. The van der Waals surface area contributed by atoms with Crippen LogP contribution in [0.15, 0.2) is 60.2 Å². The maximum Gasteiger partial charge on any atom is 0.338 e. The minimum Gasteiger partial charge on any atom is -0.422 e. The maximum absolute atomic E-state index is 12.5. The Labute approximate surface area is 184 Å². The van der Waals surface area contributed by atoms with E-state index in [1.165, 1.54) is 12.0 Å². The Bertz CT molecular complexity index is 1090. The molecule has 4 nitrogen and oxygen atoms in total. The lowest BCUT2D eigenvalue weighted by Crippen LogP contribution is -2.16. The summed E-state index contributed by atoms with van der Waals surface area (Å²) in [7, 11) is 0. The third-order valence-electron chi connectivity index (χ3n) is 5.52. The van der Waals surface area contributed by atoms with Crippen LogP contribution < -0.4 is 9.47 Å². The van der Waals surface area contributed by atoms with E-state index in [1.807, 2.05) is 24.3 Å². The molecule has 2 aromatic rings. The van der Waals surface area contributed by atoms with Crippen molar-refractivity contribution < 1.29 is 19.1 Å². The number of allylic oxidation sites excluding steroid dienone is 2. The Morgan fingerprint density at radius 1 is 0.903 bits per heavy atom. The lowest BCUT2D eigenvalue weighted by atomic mass is 9.85. The van der Waals surface area contributed by atoms with E-state index in [2.05, 4.69) is 26.2 Å². The van der Waals surface area contributed by atoms with Crippen LogP contribution in [0.5, 0.6) is 11.5 Å². The molecule has 0 spiro atoms. The Balaban J connectivity index is 2.17. The number of esters is 2. The van der Waals surface area contributed by atoms with Gasteiger partial charge in [-0.2, -0.15) is 0 Å². The Morgan fingerprint density at radius 2 is 1.45 bits per heavy atom. The van der Waals surface area contributed by atoms with Crippen LogP contribution >= 0.6 is 0 Å². The van der Waals surface area contributed by atoms with Gasteiger partial charge in [0.15, 0.2) is 0 Å². The van der Waals surface area contributed by atoms with Crippen LogP contribution in [0.3, 0.4) is 0 Å². The van der Waals surface area contributed by atoms with E-state index in [9.17, 15) is 9.59 Å². The molecule has 3 rings (SSSR count). The first-order chi connectivity index (χ1) is 14.8. The summed E-state index contributed by atoms with van der Waals surface area (Å²) in [5, 5.41) is 1.48. The molecule has 0 saturated carbocycles. The summed E-state index contributed by atoms with van der Waals surface area (Å²) in [6.45, 7) is 12.9. The van der Waals surface area contributed by atoms with Crippen LogP contribution in [-0.4, -0.2) is 11.9 Å². The monoisotopic (exact) mass is 418 g/mol.